The van der Waals surface area contributed by atoms with E-state index in [9.17, 15) is 9.59 Å². The summed E-state index contributed by atoms with van der Waals surface area (Å²) in [7, 11) is 0. The van der Waals surface area contributed by atoms with E-state index >= 15 is 0 Å². The second kappa shape index (κ2) is 8.48. The second-order valence-electron chi connectivity index (χ2n) is 8.51. The monoisotopic (exact) mass is 483 g/mol. The fourth-order valence-corrected chi connectivity index (χ4v) is 4.73. The number of thiophene rings is 1. The highest BCUT2D eigenvalue weighted by Gasteiger charge is 2.24. The zero-order valence-corrected chi connectivity index (χ0v) is 19.4. The number of fused-ring (bicyclic) bond motifs is 1. The molecule has 0 bridgehead atoms. The van der Waals surface area contributed by atoms with E-state index < -0.39 is 0 Å². The maximum atomic E-state index is 12.7. The highest BCUT2D eigenvalue weighted by Crippen LogP contribution is 2.33. The first-order valence-electron chi connectivity index (χ1n) is 11.2. The standard InChI is InChI=1S/C25H21N7O2S/c1-14-15(10-23(33)28-14)9-16-12-27-32-22(29-17-4-5-17)11-19(31-24(16)32)20-6-7-21(35-20)25(34)30-18-3-2-8-26-13-18/h2-3,6-9,11-13,17,29H,1,4-5,10H2,(H,28,33)(H,30,34)/b15-9+. The Hall–Kier alpha value is -4.31. The molecule has 1 aliphatic heterocycles. The molecule has 9 nitrogen and oxygen atoms in total. The third kappa shape index (κ3) is 4.31. The Bertz CT molecular complexity index is 1520. The lowest BCUT2D eigenvalue weighted by atomic mass is 10.1. The van der Waals surface area contributed by atoms with Crippen molar-refractivity contribution >= 4 is 46.4 Å². The molecule has 4 aromatic rings. The topological polar surface area (TPSA) is 113 Å². The van der Waals surface area contributed by atoms with Crippen LogP contribution in [-0.2, 0) is 4.79 Å². The Labute approximate surface area is 204 Å². The Morgan fingerprint density at radius 3 is 2.89 bits per heavy atom. The van der Waals surface area contributed by atoms with Crippen LogP contribution >= 0.6 is 11.3 Å². The number of hydrogen-bond acceptors (Lipinski definition) is 7. The molecule has 0 atom stereocenters. The first-order valence-corrected chi connectivity index (χ1v) is 12.0. The molecule has 0 radical (unpaired) electrons. The van der Waals surface area contributed by atoms with Crippen molar-refractivity contribution in [2.24, 2.45) is 0 Å². The van der Waals surface area contributed by atoms with Gasteiger partial charge in [0.05, 0.1) is 40.0 Å². The van der Waals surface area contributed by atoms with Crippen molar-refractivity contribution in [1.29, 1.82) is 0 Å². The summed E-state index contributed by atoms with van der Waals surface area (Å²) in [6.45, 7) is 3.93. The summed E-state index contributed by atoms with van der Waals surface area (Å²) < 4.78 is 1.78. The number of nitrogens with zero attached hydrogens (tertiary/aromatic N) is 4. The minimum Gasteiger partial charge on any atom is -0.367 e. The van der Waals surface area contributed by atoms with Crippen LogP contribution in [0.3, 0.4) is 0 Å². The number of aromatic nitrogens is 4. The largest absolute Gasteiger partial charge is 0.367 e. The van der Waals surface area contributed by atoms with E-state index in [1.807, 2.05) is 18.2 Å². The lowest BCUT2D eigenvalue weighted by Crippen LogP contribution is -2.10. The average Bonchev–Trinajstić information content (AvgIpc) is 3.23. The van der Waals surface area contributed by atoms with Gasteiger partial charge in [0.25, 0.3) is 5.91 Å². The van der Waals surface area contributed by atoms with Crippen molar-refractivity contribution in [2.75, 3.05) is 10.6 Å². The van der Waals surface area contributed by atoms with Crippen LogP contribution in [0, 0.1) is 0 Å². The predicted octanol–water partition coefficient (Wildman–Crippen LogP) is 4.10. The van der Waals surface area contributed by atoms with Crippen molar-refractivity contribution in [3.63, 3.8) is 0 Å². The van der Waals surface area contributed by atoms with Gasteiger partial charge in [0.15, 0.2) is 5.65 Å². The van der Waals surface area contributed by atoms with Crippen LogP contribution in [0.5, 0.6) is 0 Å². The zero-order valence-electron chi connectivity index (χ0n) is 18.6. The Balaban J connectivity index is 1.37. The molecule has 5 heterocycles. The second-order valence-corrected chi connectivity index (χ2v) is 9.60. The maximum Gasteiger partial charge on any atom is 0.265 e. The summed E-state index contributed by atoms with van der Waals surface area (Å²) in [5.41, 5.74) is 4.26. The van der Waals surface area contributed by atoms with Gasteiger partial charge in [-0.1, -0.05) is 6.58 Å². The van der Waals surface area contributed by atoms with E-state index in [1.165, 1.54) is 11.3 Å². The molecule has 6 rings (SSSR count). The molecule has 2 fully saturated rings. The molecule has 1 saturated carbocycles. The SMILES string of the molecule is C=C1NC(=O)C/C1=C\c1cnn2c(NC3CC3)cc(-c3ccc(C(=O)Nc4cccnc4)s3)nc12. The van der Waals surface area contributed by atoms with Gasteiger partial charge in [-0.3, -0.25) is 14.6 Å². The van der Waals surface area contributed by atoms with Crippen LogP contribution in [-0.4, -0.2) is 37.4 Å². The average molecular weight is 484 g/mol. The van der Waals surface area contributed by atoms with E-state index in [0.717, 1.165) is 40.4 Å². The van der Waals surface area contributed by atoms with E-state index in [4.69, 9.17) is 4.98 Å². The number of pyridine rings is 1. The van der Waals surface area contributed by atoms with Crippen molar-refractivity contribution in [1.82, 2.24) is 24.9 Å². The van der Waals surface area contributed by atoms with Gasteiger partial charge in [-0.2, -0.15) is 9.61 Å². The first kappa shape index (κ1) is 21.2. The molecule has 0 spiro atoms. The van der Waals surface area contributed by atoms with Crippen LogP contribution < -0.4 is 16.0 Å². The Morgan fingerprint density at radius 1 is 1.26 bits per heavy atom. The van der Waals surface area contributed by atoms with Gasteiger partial charge in [0, 0.05) is 29.6 Å². The molecule has 10 heteroatoms. The predicted molar refractivity (Wildman–Crippen MR) is 135 cm³/mol. The van der Waals surface area contributed by atoms with Crippen LogP contribution in [0.25, 0.3) is 22.3 Å². The van der Waals surface area contributed by atoms with E-state index in [-0.39, 0.29) is 18.2 Å². The minimum atomic E-state index is -0.196. The zero-order chi connectivity index (χ0) is 23.9. The molecule has 4 aromatic heterocycles. The van der Waals surface area contributed by atoms with Gasteiger partial charge in [-0.15, -0.1) is 11.3 Å². The fraction of sp³-hybridized carbons (Fsp3) is 0.160. The number of allylic oxidation sites excluding steroid dienone is 1. The van der Waals surface area contributed by atoms with E-state index in [2.05, 4.69) is 32.6 Å². The fourth-order valence-electron chi connectivity index (χ4n) is 3.87. The molecule has 2 amide bonds. The number of hydrogen-bond donors (Lipinski definition) is 3. The van der Waals surface area contributed by atoms with Gasteiger partial charge >= 0.3 is 0 Å². The lowest BCUT2D eigenvalue weighted by molar-refractivity contribution is -0.118. The summed E-state index contributed by atoms with van der Waals surface area (Å²) in [5.74, 6) is 0.572. The number of amides is 2. The molecular formula is C25H21N7O2S. The number of carbonyl (C=O) groups excluding carboxylic acids is 2. The third-order valence-corrected chi connectivity index (χ3v) is 6.90. The highest BCUT2D eigenvalue weighted by molar-refractivity contribution is 7.17. The van der Waals surface area contributed by atoms with Crippen LogP contribution in [0.2, 0.25) is 0 Å². The van der Waals surface area contributed by atoms with Crippen molar-refractivity contribution < 1.29 is 9.59 Å². The van der Waals surface area contributed by atoms with Gasteiger partial charge in [0.1, 0.15) is 5.82 Å². The van der Waals surface area contributed by atoms with Gasteiger partial charge < -0.3 is 16.0 Å². The van der Waals surface area contributed by atoms with Gasteiger partial charge in [-0.25, -0.2) is 4.98 Å². The van der Waals surface area contributed by atoms with Crippen molar-refractivity contribution in [3.8, 4) is 10.6 Å². The van der Waals surface area contributed by atoms with Gasteiger partial charge in [-0.05, 0) is 48.8 Å². The van der Waals surface area contributed by atoms with E-state index in [1.54, 1.807) is 41.3 Å². The maximum absolute atomic E-state index is 12.7. The molecule has 35 heavy (non-hydrogen) atoms. The molecule has 1 saturated heterocycles. The third-order valence-electron chi connectivity index (χ3n) is 5.79. The smallest absolute Gasteiger partial charge is 0.265 e. The molecule has 0 aromatic carbocycles. The normalized spacial score (nSPS) is 16.6. The minimum absolute atomic E-state index is 0.0712. The number of rotatable bonds is 6. The molecule has 174 valence electrons. The number of nitrogens with one attached hydrogen (secondary N) is 3. The first-order chi connectivity index (χ1) is 17.0. The molecule has 3 N–H and O–H groups in total. The van der Waals surface area contributed by atoms with Gasteiger partial charge in [0.2, 0.25) is 5.91 Å². The van der Waals surface area contributed by atoms with E-state index in [0.29, 0.717) is 28.0 Å². The summed E-state index contributed by atoms with van der Waals surface area (Å²) in [5, 5.41) is 13.7. The quantitative estimate of drug-likeness (QED) is 0.381. The summed E-state index contributed by atoms with van der Waals surface area (Å²) in [6, 6.07) is 9.64. The van der Waals surface area contributed by atoms with Crippen molar-refractivity contribution in [3.05, 3.63) is 77.2 Å². The molecule has 1 aliphatic carbocycles. The van der Waals surface area contributed by atoms with Crippen LogP contribution in [0.1, 0.15) is 34.5 Å². The summed E-state index contributed by atoms with van der Waals surface area (Å²) in [4.78, 5) is 34.8. The highest BCUT2D eigenvalue weighted by atomic mass is 32.1. The number of carbonyl (C=O) groups is 2. The number of anilines is 2. The van der Waals surface area contributed by atoms with Crippen LogP contribution in [0.15, 0.2) is 66.8 Å². The molecule has 2 aliphatic rings. The summed E-state index contributed by atoms with van der Waals surface area (Å²) in [6.07, 6.45) is 9.42. The molecular weight excluding hydrogens is 462 g/mol. The lowest BCUT2D eigenvalue weighted by Gasteiger charge is -2.09. The summed E-state index contributed by atoms with van der Waals surface area (Å²) >= 11 is 1.37. The van der Waals surface area contributed by atoms with Crippen molar-refractivity contribution in [2.45, 2.75) is 25.3 Å². The molecule has 0 unspecified atom stereocenters. The Morgan fingerprint density at radius 2 is 2.14 bits per heavy atom. The van der Waals surface area contributed by atoms with Crippen LogP contribution in [0.4, 0.5) is 11.5 Å². The Kier molecular flexibility index (Phi) is 5.14.